The fourth-order valence-corrected chi connectivity index (χ4v) is 8.93. The Morgan fingerprint density at radius 2 is 0.746 bits per heavy atom. The molecule has 63 heavy (non-hydrogen) atoms. The summed E-state index contributed by atoms with van der Waals surface area (Å²) in [6, 6.07) is -0.552. The van der Waals surface area contributed by atoms with E-state index in [1.807, 2.05) is 0 Å². The van der Waals surface area contributed by atoms with Gasteiger partial charge in [0.2, 0.25) is 5.91 Å². The third-order valence-corrected chi connectivity index (χ3v) is 13.3. The molecule has 0 bridgehead atoms. The minimum absolute atomic E-state index is 0.00717. The zero-order chi connectivity index (χ0) is 45.8. The lowest BCUT2D eigenvalue weighted by atomic mass is 10.0. The highest BCUT2D eigenvalue weighted by Gasteiger charge is 2.20. The van der Waals surface area contributed by atoms with Gasteiger partial charge in [-0.3, -0.25) is 9.59 Å². The van der Waals surface area contributed by atoms with Crippen LogP contribution in [0.3, 0.4) is 0 Å². The van der Waals surface area contributed by atoms with Crippen molar-refractivity contribution in [2.75, 3.05) is 13.2 Å². The number of unbranched alkanes of at least 4 members (excludes halogenated alkanes) is 40. The van der Waals surface area contributed by atoms with Crippen LogP contribution in [0.2, 0.25) is 0 Å². The average molecular weight is 891 g/mol. The normalized spacial score (nSPS) is 12.6. The van der Waals surface area contributed by atoms with Gasteiger partial charge in [0, 0.05) is 12.8 Å². The van der Waals surface area contributed by atoms with E-state index < -0.39 is 12.1 Å². The van der Waals surface area contributed by atoms with Gasteiger partial charge in [0.25, 0.3) is 0 Å². The van der Waals surface area contributed by atoms with Crippen molar-refractivity contribution < 1.29 is 24.5 Å². The molecule has 0 rings (SSSR count). The third kappa shape index (κ3) is 49.9. The molecule has 2 atom stereocenters. The molecule has 0 fully saturated rings. The van der Waals surface area contributed by atoms with Gasteiger partial charge in [-0.25, -0.2) is 0 Å². The van der Waals surface area contributed by atoms with Gasteiger partial charge in [-0.1, -0.05) is 264 Å². The van der Waals surface area contributed by atoms with Crippen LogP contribution in [0.4, 0.5) is 0 Å². The van der Waals surface area contributed by atoms with Gasteiger partial charge in [-0.2, -0.15) is 0 Å². The van der Waals surface area contributed by atoms with E-state index in [1.54, 1.807) is 0 Å². The van der Waals surface area contributed by atoms with E-state index in [-0.39, 0.29) is 18.5 Å². The highest BCUT2D eigenvalue weighted by Crippen LogP contribution is 2.17. The molecule has 0 radical (unpaired) electrons. The molecule has 374 valence electrons. The predicted octanol–water partition coefficient (Wildman–Crippen LogP) is 17.3. The molecule has 0 aromatic rings. The second-order valence-corrected chi connectivity index (χ2v) is 19.6. The second kappa shape index (κ2) is 53.2. The molecule has 0 heterocycles. The van der Waals surface area contributed by atoms with Crippen LogP contribution in [0.25, 0.3) is 0 Å². The molecule has 0 saturated heterocycles. The molecule has 6 nitrogen and oxygen atoms in total. The van der Waals surface area contributed by atoms with E-state index >= 15 is 0 Å². The maximum absolute atomic E-state index is 12.5. The van der Waals surface area contributed by atoms with Crippen LogP contribution in [0.5, 0.6) is 0 Å². The minimum atomic E-state index is -0.673. The lowest BCUT2D eigenvalue weighted by Crippen LogP contribution is -2.45. The number of aliphatic hydroxyl groups is 2. The molecule has 0 aliphatic heterocycles. The summed E-state index contributed by atoms with van der Waals surface area (Å²) in [5, 5.41) is 23.3. The van der Waals surface area contributed by atoms with Gasteiger partial charge in [-0.05, 0) is 51.4 Å². The molecule has 6 heteroatoms. The van der Waals surface area contributed by atoms with Crippen LogP contribution in [0.15, 0.2) is 12.2 Å². The highest BCUT2D eigenvalue weighted by molar-refractivity contribution is 5.76. The molecule has 0 aliphatic rings. The summed E-state index contributed by atoms with van der Waals surface area (Å²) in [4.78, 5) is 24.5. The number of hydrogen-bond acceptors (Lipinski definition) is 5. The molecular formula is C57H111NO5. The quantitative estimate of drug-likeness (QED) is 0.0321. The summed E-state index contributed by atoms with van der Waals surface area (Å²) in [6.45, 7) is 4.94. The number of ether oxygens (including phenoxy) is 1. The lowest BCUT2D eigenvalue weighted by molar-refractivity contribution is -0.143. The van der Waals surface area contributed by atoms with Gasteiger partial charge in [0.05, 0.1) is 25.4 Å². The Kier molecular flexibility index (Phi) is 52.0. The maximum atomic E-state index is 12.5. The van der Waals surface area contributed by atoms with Crippen molar-refractivity contribution >= 4 is 11.9 Å². The Bertz CT molecular complexity index is 939. The maximum Gasteiger partial charge on any atom is 0.305 e. The van der Waals surface area contributed by atoms with E-state index in [1.165, 1.54) is 212 Å². The van der Waals surface area contributed by atoms with Gasteiger partial charge in [0.1, 0.15) is 0 Å². The van der Waals surface area contributed by atoms with Gasteiger partial charge in [0.15, 0.2) is 0 Å². The van der Waals surface area contributed by atoms with Crippen LogP contribution < -0.4 is 5.32 Å². The van der Waals surface area contributed by atoms with Gasteiger partial charge < -0.3 is 20.3 Å². The summed E-state index contributed by atoms with van der Waals surface area (Å²) in [6.07, 6.45) is 61.9. The fourth-order valence-electron chi connectivity index (χ4n) is 8.93. The number of nitrogens with one attached hydrogen (secondary N) is 1. The second-order valence-electron chi connectivity index (χ2n) is 19.6. The molecule has 3 N–H and O–H groups in total. The molecular weight excluding hydrogens is 779 g/mol. The molecule has 0 aromatic carbocycles. The van der Waals surface area contributed by atoms with E-state index in [4.69, 9.17) is 4.74 Å². The monoisotopic (exact) mass is 890 g/mol. The first-order valence-electron chi connectivity index (χ1n) is 28.4. The van der Waals surface area contributed by atoms with Crippen molar-refractivity contribution in [1.29, 1.82) is 0 Å². The standard InChI is InChI=1S/C57H111NO5/c1-3-5-7-9-11-13-15-17-19-20-22-25-29-33-37-41-45-49-55(60)54(53-59)58-56(61)50-46-42-38-34-30-26-23-21-24-28-32-36-40-44-48-52-63-57(62)51-47-43-39-35-31-27-18-16-14-12-10-8-6-4-2/h24,28,54-55,59-60H,3-23,25-27,29-53H2,1-2H3,(H,58,61)/b28-24-. The molecule has 1 amide bonds. The Morgan fingerprint density at radius 1 is 0.429 bits per heavy atom. The Balaban J connectivity index is 3.46. The highest BCUT2D eigenvalue weighted by atomic mass is 16.5. The fraction of sp³-hybridized carbons (Fsp3) is 0.930. The third-order valence-electron chi connectivity index (χ3n) is 13.3. The first-order valence-corrected chi connectivity index (χ1v) is 28.4. The SMILES string of the molecule is CCCCCCCCCCCCCCCCCCCC(O)C(CO)NC(=O)CCCCCCCCC/C=C\CCCCCCOC(=O)CCCCCCCCCCCCCCCC. The Labute approximate surface area is 393 Å². The topological polar surface area (TPSA) is 95.9 Å². The van der Waals surface area contributed by atoms with Crippen LogP contribution in [-0.2, 0) is 14.3 Å². The number of rotatable bonds is 53. The Morgan fingerprint density at radius 3 is 1.13 bits per heavy atom. The van der Waals surface area contributed by atoms with Gasteiger partial charge in [-0.15, -0.1) is 0 Å². The molecule has 0 spiro atoms. The van der Waals surface area contributed by atoms with Crippen LogP contribution in [0.1, 0.15) is 316 Å². The number of allylic oxidation sites excluding steroid dienone is 2. The average Bonchev–Trinajstić information content (AvgIpc) is 3.28. The number of amides is 1. The van der Waals surface area contributed by atoms with Gasteiger partial charge >= 0.3 is 5.97 Å². The first-order chi connectivity index (χ1) is 31.0. The lowest BCUT2D eigenvalue weighted by Gasteiger charge is -2.22. The molecule has 0 aromatic heterocycles. The number of carbonyl (C=O) groups excluding carboxylic acids is 2. The van der Waals surface area contributed by atoms with Crippen molar-refractivity contribution in [3.8, 4) is 0 Å². The van der Waals surface area contributed by atoms with Crippen molar-refractivity contribution in [3.05, 3.63) is 12.2 Å². The first kappa shape index (κ1) is 61.6. The van der Waals surface area contributed by atoms with Crippen molar-refractivity contribution in [2.45, 2.75) is 328 Å². The largest absolute Gasteiger partial charge is 0.466 e. The minimum Gasteiger partial charge on any atom is -0.466 e. The zero-order valence-electron chi connectivity index (χ0n) is 42.6. The molecule has 2 unspecified atom stereocenters. The Hall–Kier alpha value is -1.40. The van der Waals surface area contributed by atoms with Crippen molar-refractivity contribution in [2.24, 2.45) is 0 Å². The molecule has 0 aliphatic carbocycles. The van der Waals surface area contributed by atoms with E-state index in [9.17, 15) is 19.8 Å². The van der Waals surface area contributed by atoms with Crippen LogP contribution in [-0.4, -0.2) is 47.4 Å². The summed E-state index contributed by atoms with van der Waals surface area (Å²) < 4.78 is 5.46. The zero-order valence-corrected chi connectivity index (χ0v) is 42.6. The number of carbonyl (C=O) groups is 2. The van der Waals surface area contributed by atoms with Crippen LogP contribution >= 0.6 is 0 Å². The van der Waals surface area contributed by atoms with E-state index in [0.29, 0.717) is 25.9 Å². The van der Waals surface area contributed by atoms with E-state index in [0.717, 1.165) is 70.6 Å². The molecule has 0 saturated carbocycles. The number of hydrogen-bond donors (Lipinski definition) is 3. The number of aliphatic hydroxyl groups excluding tert-OH is 2. The van der Waals surface area contributed by atoms with Crippen molar-refractivity contribution in [1.82, 2.24) is 5.32 Å². The predicted molar refractivity (Wildman–Crippen MR) is 273 cm³/mol. The summed E-state index contributed by atoms with van der Waals surface area (Å²) in [5.41, 5.74) is 0. The van der Waals surface area contributed by atoms with Crippen molar-refractivity contribution in [3.63, 3.8) is 0 Å². The summed E-state index contributed by atoms with van der Waals surface area (Å²) in [7, 11) is 0. The van der Waals surface area contributed by atoms with E-state index in [2.05, 4.69) is 31.3 Å². The van der Waals surface area contributed by atoms with Crippen LogP contribution in [0, 0.1) is 0 Å². The number of esters is 1. The summed E-state index contributed by atoms with van der Waals surface area (Å²) in [5.74, 6) is -0.0548. The summed E-state index contributed by atoms with van der Waals surface area (Å²) >= 11 is 0. The smallest absolute Gasteiger partial charge is 0.305 e.